The molecule has 0 aliphatic heterocycles. The van der Waals surface area contributed by atoms with Gasteiger partial charge in [0.25, 0.3) is 0 Å². The summed E-state index contributed by atoms with van der Waals surface area (Å²) in [5.41, 5.74) is 0.748. The van der Waals surface area contributed by atoms with Crippen LogP contribution in [0.25, 0.3) is 0 Å². The molecule has 0 fully saturated rings. The number of anilines is 1. The monoisotopic (exact) mass is 340 g/mol. The van der Waals surface area contributed by atoms with E-state index in [2.05, 4.69) is 20.9 Å². The molecule has 23 heavy (non-hydrogen) atoms. The number of rotatable bonds is 8. The number of nitrogens with one attached hydrogen (secondary N) is 3. The number of guanidine groups is 1. The fourth-order valence-corrected chi connectivity index (χ4v) is 2.06. The SMILES string of the molecule is CN=C(NCCCC(=O)Nc1ccc(Cl)cc1)NC(C)COC. The van der Waals surface area contributed by atoms with Crippen molar-refractivity contribution in [1.82, 2.24) is 10.6 Å². The smallest absolute Gasteiger partial charge is 0.224 e. The maximum atomic E-state index is 11.8. The number of benzene rings is 1. The Morgan fingerprint density at radius 2 is 2.04 bits per heavy atom. The summed E-state index contributed by atoms with van der Waals surface area (Å²) >= 11 is 5.80. The van der Waals surface area contributed by atoms with Gasteiger partial charge in [0.15, 0.2) is 5.96 Å². The van der Waals surface area contributed by atoms with Crippen LogP contribution in [0.3, 0.4) is 0 Å². The lowest BCUT2D eigenvalue weighted by Gasteiger charge is -2.17. The third-order valence-corrected chi connectivity index (χ3v) is 3.28. The van der Waals surface area contributed by atoms with E-state index in [9.17, 15) is 4.79 Å². The van der Waals surface area contributed by atoms with Gasteiger partial charge in [-0.1, -0.05) is 11.6 Å². The van der Waals surface area contributed by atoms with Gasteiger partial charge in [0, 0.05) is 43.9 Å². The number of carbonyl (C=O) groups is 1. The normalized spacial score (nSPS) is 12.6. The van der Waals surface area contributed by atoms with E-state index in [1.54, 1.807) is 38.4 Å². The number of ether oxygens (including phenoxy) is 1. The number of carbonyl (C=O) groups excluding carboxylic acids is 1. The van der Waals surface area contributed by atoms with Crippen molar-refractivity contribution in [2.75, 3.05) is 32.6 Å². The van der Waals surface area contributed by atoms with Gasteiger partial charge in [0.1, 0.15) is 0 Å². The highest BCUT2D eigenvalue weighted by atomic mass is 35.5. The van der Waals surface area contributed by atoms with Crippen molar-refractivity contribution < 1.29 is 9.53 Å². The Balaban J connectivity index is 2.22. The maximum Gasteiger partial charge on any atom is 0.224 e. The van der Waals surface area contributed by atoms with Crippen LogP contribution in [0, 0.1) is 0 Å². The first-order valence-electron chi connectivity index (χ1n) is 7.56. The van der Waals surface area contributed by atoms with Gasteiger partial charge in [-0.25, -0.2) is 0 Å². The van der Waals surface area contributed by atoms with E-state index in [4.69, 9.17) is 16.3 Å². The second-order valence-corrected chi connectivity index (χ2v) is 5.59. The second kappa shape index (κ2) is 10.9. The Kier molecular flexibility index (Phi) is 9.09. The zero-order chi connectivity index (χ0) is 17.1. The van der Waals surface area contributed by atoms with Crippen LogP contribution in [0.15, 0.2) is 29.3 Å². The number of hydrogen-bond donors (Lipinski definition) is 3. The molecule has 1 unspecified atom stereocenters. The van der Waals surface area contributed by atoms with Crippen LogP contribution in [-0.2, 0) is 9.53 Å². The zero-order valence-electron chi connectivity index (χ0n) is 13.9. The molecule has 0 saturated heterocycles. The lowest BCUT2D eigenvalue weighted by Crippen LogP contribution is -2.44. The van der Waals surface area contributed by atoms with Crippen LogP contribution in [-0.4, -0.2) is 45.2 Å². The van der Waals surface area contributed by atoms with Gasteiger partial charge in [0.2, 0.25) is 5.91 Å². The Labute approximate surface area is 142 Å². The molecular formula is C16H25ClN4O2. The molecule has 0 radical (unpaired) electrons. The van der Waals surface area contributed by atoms with E-state index < -0.39 is 0 Å². The minimum Gasteiger partial charge on any atom is -0.383 e. The Morgan fingerprint density at radius 3 is 2.65 bits per heavy atom. The largest absolute Gasteiger partial charge is 0.383 e. The average Bonchev–Trinajstić information content (AvgIpc) is 2.52. The van der Waals surface area contributed by atoms with Crippen molar-refractivity contribution in [2.45, 2.75) is 25.8 Å². The third kappa shape index (κ3) is 8.42. The topological polar surface area (TPSA) is 74.8 Å². The highest BCUT2D eigenvalue weighted by molar-refractivity contribution is 6.30. The molecule has 3 N–H and O–H groups in total. The number of aliphatic imine (C=N–C) groups is 1. The molecule has 7 heteroatoms. The van der Waals surface area contributed by atoms with Crippen LogP contribution in [0.2, 0.25) is 5.02 Å². The molecule has 0 heterocycles. The Bertz CT molecular complexity index is 505. The van der Waals surface area contributed by atoms with Gasteiger partial charge < -0.3 is 20.7 Å². The molecule has 1 aromatic carbocycles. The van der Waals surface area contributed by atoms with Crippen LogP contribution in [0.5, 0.6) is 0 Å². The zero-order valence-corrected chi connectivity index (χ0v) is 14.6. The molecule has 0 spiro atoms. The summed E-state index contributed by atoms with van der Waals surface area (Å²) in [6.45, 7) is 3.27. The second-order valence-electron chi connectivity index (χ2n) is 5.16. The standard InChI is InChI=1S/C16H25ClN4O2/c1-12(11-23-3)20-16(18-2)19-10-4-5-15(22)21-14-8-6-13(17)7-9-14/h6-9,12H,4-5,10-11H2,1-3H3,(H,21,22)(H2,18,19,20). The van der Waals surface area contributed by atoms with Crippen molar-refractivity contribution in [3.05, 3.63) is 29.3 Å². The predicted molar refractivity (Wildman–Crippen MR) is 95.2 cm³/mol. The summed E-state index contributed by atoms with van der Waals surface area (Å²) in [6, 6.07) is 7.22. The number of amides is 1. The van der Waals surface area contributed by atoms with E-state index in [1.807, 2.05) is 6.92 Å². The summed E-state index contributed by atoms with van der Waals surface area (Å²) in [6.07, 6.45) is 1.14. The van der Waals surface area contributed by atoms with Crippen molar-refractivity contribution >= 4 is 29.2 Å². The van der Waals surface area contributed by atoms with Gasteiger partial charge in [-0.15, -0.1) is 0 Å². The molecule has 6 nitrogen and oxygen atoms in total. The summed E-state index contributed by atoms with van der Waals surface area (Å²) in [7, 11) is 3.37. The third-order valence-electron chi connectivity index (χ3n) is 3.02. The average molecular weight is 341 g/mol. The quantitative estimate of drug-likeness (QED) is 0.385. The lowest BCUT2D eigenvalue weighted by molar-refractivity contribution is -0.116. The molecule has 0 saturated carbocycles. The highest BCUT2D eigenvalue weighted by Gasteiger charge is 2.05. The minimum atomic E-state index is -0.0233. The van der Waals surface area contributed by atoms with Gasteiger partial charge in [-0.05, 0) is 37.6 Å². The number of methoxy groups -OCH3 is 1. The predicted octanol–water partition coefficient (Wildman–Crippen LogP) is 2.26. The molecule has 0 aliphatic rings. The van der Waals surface area contributed by atoms with Gasteiger partial charge >= 0.3 is 0 Å². The number of halogens is 1. The van der Waals surface area contributed by atoms with Crippen molar-refractivity contribution in [3.63, 3.8) is 0 Å². The van der Waals surface area contributed by atoms with Crippen LogP contribution < -0.4 is 16.0 Å². The van der Waals surface area contributed by atoms with E-state index in [-0.39, 0.29) is 11.9 Å². The van der Waals surface area contributed by atoms with E-state index in [1.165, 1.54) is 0 Å². The molecule has 0 aliphatic carbocycles. The fraction of sp³-hybridized carbons (Fsp3) is 0.500. The van der Waals surface area contributed by atoms with Crippen LogP contribution in [0.1, 0.15) is 19.8 Å². The van der Waals surface area contributed by atoms with Gasteiger partial charge in [0.05, 0.1) is 6.61 Å². The molecule has 0 bridgehead atoms. The highest BCUT2D eigenvalue weighted by Crippen LogP contribution is 2.13. The van der Waals surface area contributed by atoms with E-state index in [0.29, 0.717) is 37.0 Å². The van der Waals surface area contributed by atoms with Crippen LogP contribution >= 0.6 is 11.6 Å². The Hall–Kier alpha value is -1.79. The molecule has 1 amide bonds. The molecule has 0 aromatic heterocycles. The lowest BCUT2D eigenvalue weighted by atomic mass is 10.2. The summed E-state index contributed by atoms with van der Waals surface area (Å²) in [5, 5.41) is 9.85. The first-order chi connectivity index (χ1) is 11.0. The fourth-order valence-electron chi connectivity index (χ4n) is 1.93. The van der Waals surface area contributed by atoms with Gasteiger partial charge in [-0.2, -0.15) is 0 Å². The van der Waals surface area contributed by atoms with Crippen molar-refractivity contribution in [1.29, 1.82) is 0 Å². The minimum absolute atomic E-state index is 0.0233. The number of hydrogen-bond acceptors (Lipinski definition) is 3. The van der Waals surface area contributed by atoms with E-state index in [0.717, 1.165) is 5.69 Å². The van der Waals surface area contributed by atoms with Crippen LogP contribution in [0.4, 0.5) is 5.69 Å². The maximum absolute atomic E-state index is 11.8. The first-order valence-corrected chi connectivity index (χ1v) is 7.94. The van der Waals surface area contributed by atoms with Crippen molar-refractivity contribution in [3.8, 4) is 0 Å². The molecule has 1 aromatic rings. The number of nitrogens with zero attached hydrogens (tertiary/aromatic N) is 1. The molecule has 1 rings (SSSR count). The summed E-state index contributed by atoms with van der Waals surface area (Å²) in [5.74, 6) is 0.678. The summed E-state index contributed by atoms with van der Waals surface area (Å²) < 4.78 is 5.06. The van der Waals surface area contributed by atoms with E-state index >= 15 is 0 Å². The van der Waals surface area contributed by atoms with Gasteiger partial charge in [-0.3, -0.25) is 9.79 Å². The molecular weight excluding hydrogens is 316 g/mol. The first kappa shape index (κ1) is 19.3. The molecule has 1 atom stereocenters. The van der Waals surface area contributed by atoms with Crippen molar-refractivity contribution in [2.24, 2.45) is 4.99 Å². The summed E-state index contributed by atoms with van der Waals surface area (Å²) in [4.78, 5) is 16.0. The Morgan fingerprint density at radius 1 is 1.35 bits per heavy atom. The molecule has 128 valence electrons.